The zero-order chi connectivity index (χ0) is 17.9. The molecule has 5 nitrogen and oxygen atoms in total. The van der Waals surface area contributed by atoms with E-state index in [1.807, 2.05) is 13.8 Å². The van der Waals surface area contributed by atoms with E-state index in [1.165, 1.54) is 11.0 Å². The van der Waals surface area contributed by atoms with Crippen molar-refractivity contribution in [3.63, 3.8) is 0 Å². The molecule has 1 aliphatic heterocycles. The molecular formula is C17H23F2N3O2. The fraction of sp³-hybridized carbons (Fsp3) is 0.529. The van der Waals surface area contributed by atoms with Gasteiger partial charge in [-0.25, -0.2) is 8.78 Å². The highest BCUT2D eigenvalue weighted by Crippen LogP contribution is 2.28. The van der Waals surface area contributed by atoms with Crippen molar-refractivity contribution in [2.24, 2.45) is 17.6 Å². The Morgan fingerprint density at radius 2 is 2.12 bits per heavy atom. The van der Waals surface area contributed by atoms with Gasteiger partial charge in [-0.2, -0.15) is 0 Å². The Morgan fingerprint density at radius 3 is 2.71 bits per heavy atom. The van der Waals surface area contributed by atoms with Gasteiger partial charge >= 0.3 is 0 Å². The van der Waals surface area contributed by atoms with Crippen LogP contribution in [0, 0.1) is 23.5 Å². The summed E-state index contributed by atoms with van der Waals surface area (Å²) in [6.07, 6.45) is 0.751. The maximum atomic E-state index is 13.9. The molecule has 2 unspecified atom stereocenters. The minimum absolute atomic E-state index is 0.00161. The highest BCUT2D eigenvalue weighted by molar-refractivity contribution is 6.00. The van der Waals surface area contributed by atoms with Crippen LogP contribution in [0.4, 0.5) is 14.5 Å². The molecule has 0 spiro atoms. The van der Waals surface area contributed by atoms with Crippen LogP contribution in [0.3, 0.4) is 0 Å². The van der Waals surface area contributed by atoms with Gasteiger partial charge < -0.3 is 16.0 Å². The summed E-state index contributed by atoms with van der Waals surface area (Å²) in [5.41, 5.74) is 5.67. The zero-order valence-corrected chi connectivity index (χ0v) is 13.9. The Hall–Kier alpha value is -2.02. The first-order valence-electron chi connectivity index (χ1n) is 8.07. The molecule has 2 rings (SSSR count). The molecule has 132 valence electrons. The van der Waals surface area contributed by atoms with Crippen molar-refractivity contribution in [2.75, 3.05) is 18.0 Å². The van der Waals surface area contributed by atoms with Crippen molar-refractivity contribution < 1.29 is 18.4 Å². The fourth-order valence-electron chi connectivity index (χ4n) is 2.92. The molecule has 0 aromatic heterocycles. The van der Waals surface area contributed by atoms with Crippen LogP contribution >= 0.6 is 0 Å². The van der Waals surface area contributed by atoms with Crippen molar-refractivity contribution in [3.8, 4) is 0 Å². The first-order chi connectivity index (χ1) is 11.3. The summed E-state index contributed by atoms with van der Waals surface area (Å²) < 4.78 is 26.9. The number of carbonyl (C=O) groups is 2. The number of hydrogen-bond acceptors (Lipinski definition) is 3. The van der Waals surface area contributed by atoms with Crippen molar-refractivity contribution >= 4 is 17.5 Å². The molecule has 0 aliphatic carbocycles. The number of nitrogens with one attached hydrogen (secondary N) is 1. The van der Waals surface area contributed by atoms with E-state index in [2.05, 4.69) is 5.32 Å². The van der Waals surface area contributed by atoms with E-state index in [-0.39, 0.29) is 36.5 Å². The van der Waals surface area contributed by atoms with Crippen LogP contribution in [-0.2, 0) is 9.59 Å². The van der Waals surface area contributed by atoms with Crippen LogP contribution in [0.25, 0.3) is 0 Å². The largest absolute Gasteiger partial charge is 0.352 e. The predicted molar refractivity (Wildman–Crippen MR) is 87.3 cm³/mol. The molecule has 1 heterocycles. The van der Waals surface area contributed by atoms with Gasteiger partial charge in [0, 0.05) is 31.6 Å². The van der Waals surface area contributed by atoms with Gasteiger partial charge in [-0.15, -0.1) is 0 Å². The third-order valence-corrected chi connectivity index (χ3v) is 4.08. The van der Waals surface area contributed by atoms with Gasteiger partial charge in [0.1, 0.15) is 11.6 Å². The average molecular weight is 339 g/mol. The molecule has 1 fully saturated rings. The Balaban J connectivity index is 2.04. The second-order valence-corrected chi connectivity index (χ2v) is 6.57. The summed E-state index contributed by atoms with van der Waals surface area (Å²) >= 11 is 0. The standard InChI is InChI=1S/C17H23F2N3O2/c1-10(2)5-13(8-20)21-17(24)11-6-16(23)22(9-11)15-4-3-12(18)7-14(15)19/h3-4,7,10-11,13H,5-6,8-9,20H2,1-2H3,(H,21,24). The lowest BCUT2D eigenvalue weighted by atomic mass is 10.0. The Morgan fingerprint density at radius 1 is 1.42 bits per heavy atom. The lowest BCUT2D eigenvalue weighted by molar-refractivity contribution is -0.127. The summed E-state index contributed by atoms with van der Waals surface area (Å²) in [6.45, 7) is 4.47. The quantitative estimate of drug-likeness (QED) is 0.830. The van der Waals surface area contributed by atoms with Crippen LogP contribution in [0.2, 0.25) is 0 Å². The summed E-state index contributed by atoms with van der Waals surface area (Å²) in [5, 5.41) is 2.86. The van der Waals surface area contributed by atoms with E-state index < -0.39 is 17.6 Å². The molecule has 1 aliphatic rings. The number of carbonyl (C=O) groups excluding carboxylic acids is 2. The SMILES string of the molecule is CC(C)CC(CN)NC(=O)C1CC(=O)N(c2ccc(F)cc2F)C1. The molecule has 1 aromatic rings. The highest BCUT2D eigenvalue weighted by Gasteiger charge is 2.36. The minimum Gasteiger partial charge on any atom is -0.352 e. The molecule has 1 aromatic carbocycles. The van der Waals surface area contributed by atoms with Crippen molar-refractivity contribution in [1.29, 1.82) is 0 Å². The fourth-order valence-corrected chi connectivity index (χ4v) is 2.92. The Labute approximate surface area is 140 Å². The third-order valence-electron chi connectivity index (χ3n) is 4.08. The number of benzene rings is 1. The van der Waals surface area contributed by atoms with Crippen LogP contribution in [0.5, 0.6) is 0 Å². The average Bonchev–Trinajstić information content (AvgIpc) is 2.88. The van der Waals surface area contributed by atoms with Gasteiger partial charge in [-0.3, -0.25) is 9.59 Å². The zero-order valence-electron chi connectivity index (χ0n) is 13.9. The molecule has 2 atom stereocenters. The molecule has 0 saturated carbocycles. The molecule has 1 saturated heterocycles. The highest BCUT2D eigenvalue weighted by atomic mass is 19.1. The number of amides is 2. The van der Waals surface area contributed by atoms with Gasteiger partial charge in [-0.05, 0) is 24.5 Å². The predicted octanol–water partition coefficient (Wildman–Crippen LogP) is 1.81. The molecule has 0 bridgehead atoms. The number of hydrogen-bond donors (Lipinski definition) is 2. The number of nitrogens with zero attached hydrogens (tertiary/aromatic N) is 1. The van der Waals surface area contributed by atoms with Crippen LogP contribution < -0.4 is 16.0 Å². The smallest absolute Gasteiger partial charge is 0.227 e. The van der Waals surface area contributed by atoms with E-state index in [4.69, 9.17) is 5.73 Å². The first-order valence-corrected chi connectivity index (χ1v) is 8.07. The van der Waals surface area contributed by atoms with Gasteiger partial charge in [0.25, 0.3) is 0 Å². The molecule has 2 amide bonds. The Kier molecular flexibility index (Phi) is 5.88. The summed E-state index contributed by atoms with van der Waals surface area (Å²) in [4.78, 5) is 25.7. The van der Waals surface area contributed by atoms with E-state index in [0.717, 1.165) is 18.6 Å². The summed E-state index contributed by atoms with van der Waals surface area (Å²) in [5.74, 6) is -2.32. The first kappa shape index (κ1) is 18.3. The number of anilines is 1. The van der Waals surface area contributed by atoms with Crippen LogP contribution in [0.15, 0.2) is 18.2 Å². The van der Waals surface area contributed by atoms with E-state index in [9.17, 15) is 18.4 Å². The van der Waals surface area contributed by atoms with Crippen LogP contribution in [-0.4, -0.2) is 30.9 Å². The van der Waals surface area contributed by atoms with E-state index in [1.54, 1.807) is 0 Å². The second-order valence-electron chi connectivity index (χ2n) is 6.57. The van der Waals surface area contributed by atoms with Gasteiger partial charge in [0.2, 0.25) is 11.8 Å². The molecule has 3 N–H and O–H groups in total. The lowest BCUT2D eigenvalue weighted by Crippen LogP contribution is -2.44. The Bertz CT molecular complexity index is 622. The molecule has 0 radical (unpaired) electrons. The second kappa shape index (κ2) is 7.70. The van der Waals surface area contributed by atoms with Crippen molar-refractivity contribution in [1.82, 2.24) is 5.32 Å². The van der Waals surface area contributed by atoms with E-state index >= 15 is 0 Å². The monoisotopic (exact) mass is 339 g/mol. The topological polar surface area (TPSA) is 75.4 Å². The minimum atomic E-state index is -0.816. The summed E-state index contributed by atoms with van der Waals surface area (Å²) in [6, 6.07) is 2.88. The number of nitrogens with two attached hydrogens (primary N) is 1. The van der Waals surface area contributed by atoms with Gasteiger partial charge in [0.05, 0.1) is 11.6 Å². The van der Waals surface area contributed by atoms with Crippen molar-refractivity contribution in [3.05, 3.63) is 29.8 Å². The third kappa shape index (κ3) is 4.29. The van der Waals surface area contributed by atoms with Crippen LogP contribution in [0.1, 0.15) is 26.7 Å². The normalized spacial score (nSPS) is 19.0. The summed E-state index contributed by atoms with van der Waals surface area (Å²) in [7, 11) is 0. The van der Waals surface area contributed by atoms with Gasteiger partial charge in [-0.1, -0.05) is 13.8 Å². The molecular weight excluding hydrogens is 316 g/mol. The van der Waals surface area contributed by atoms with Gasteiger partial charge in [0.15, 0.2) is 0 Å². The molecule has 24 heavy (non-hydrogen) atoms. The maximum Gasteiger partial charge on any atom is 0.227 e. The maximum absolute atomic E-state index is 13.9. The number of halogens is 2. The molecule has 7 heteroatoms. The lowest BCUT2D eigenvalue weighted by Gasteiger charge is -2.21. The number of rotatable bonds is 6. The van der Waals surface area contributed by atoms with Crippen molar-refractivity contribution in [2.45, 2.75) is 32.7 Å². The van der Waals surface area contributed by atoms with E-state index in [0.29, 0.717) is 12.5 Å².